The zero-order valence-corrected chi connectivity index (χ0v) is 12.7. The smallest absolute Gasteiger partial charge is 0.170 e. The van der Waals surface area contributed by atoms with Crippen molar-refractivity contribution in [2.45, 2.75) is 32.3 Å². The quantitative estimate of drug-likeness (QED) is 0.797. The first-order valence-corrected chi connectivity index (χ1v) is 7.33. The Bertz CT molecular complexity index is 686. The summed E-state index contributed by atoms with van der Waals surface area (Å²) < 4.78 is 28.2. The van der Waals surface area contributed by atoms with Crippen LogP contribution in [-0.4, -0.2) is 26.3 Å². The van der Waals surface area contributed by atoms with Crippen molar-refractivity contribution in [3.63, 3.8) is 0 Å². The summed E-state index contributed by atoms with van der Waals surface area (Å²) in [4.78, 5) is 7.55. The molecule has 1 atom stereocenters. The third kappa shape index (κ3) is 4.56. The minimum atomic E-state index is -1.03. The number of hydrogen-bond acceptors (Lipinski definition) is 4. The van der Waals surface area contributed by atoms with Crippen LogP contribution in [0, 0.1) is 11.6 Å². The normalized spacial score (nSPS) is 12.7. The number of nitrogens with zero attached hydrogens (tertiary/aromatic N) is 2. The molecule has 0 aliphatic carbocycles. The average molecular weight is 320 g/mol. The summed E-state index contributed by atoms with van der Waals surface area (Å²) in [5, 5.41) is 18.3. The molecule has 4 nitrogen and oxygen atoms in total. The standard InChI is InChI=1S/C17H18F2N2O2/c1-11(22)5-3-2-4-6-12-7-8-14(16(19)15(12)18)17-20-9-13(23)10-21-17/h4,6-11,22-23H,2-3,5H2,1H3. The van der Waals surface area contributed by atoms with E-state index in [0.717, 1.165) is 18.8 Å². The summed E-state index contributed by atoms with van der Waals surface area (Å²) in [6, 6.07) is 2.86. The number of aromatic nitrogens is 2. The maximum atomic E-state index is 14.1. The van der Waals surface area contributed by atoms with Gasteiger partial charge in [-0.25, -0.2) is 18.7 Å². The molecule has 6 heteroatoms. The first-order valence-electron chi connectivity index (χ1n) is 7.33. The fourth-order valence-corrected chi connectivity index (χ4v) is 2.07. The first kappa shape index (κ1) is 17.0. The SMILES string of the molecule is CC(O)CCCC=Cc1ccc(-c2ncc(O)cn2)c(F)c1F. The van der Waals surface area contributed by atoms with Crippen LogP contribution in [0.4, 0.5) is 8.78 Å². The zero-order chi connectivity index (χ0) is 16.8. The van der Waals surface area contributed by atoms with Gasteiger partial charge in [0.2, 0.25) is 0 Å². The lowest BCUT2D eigenvalue weighted by Gasteiger charge is -2.05. The molecule has 0 saturated carbocycles. The molecule has 0 spiro atoms. The second-order valence-electron chi connectivity index (χ2n) is 5.28. The lowest BCUT2D eigenvalue weighted by Crippen LogP contribution is -1.97. The van der Waals surface area contributed by atoms with Crippen LogP contribution in [0.5, 0.6) is 5.75 Å². The van der Waals surface area contributed by atoms with Crippen LogP contribution in [0.3, 0.4) is 0 Å². The summed E-state index contributed by atoms with van der Waals surface area (Å²) in [6.07, 6.45) is 7.26. The number of benzene rings is 1. The lowest BCUT2D eigenvalue weighted by atomic mass is 10.1. The maximum absolute atomic E-state index is 14.1. The highest BCUT2D eigenvalue weighted by Gasteiger charge is 2.15. The van der Waals surface area contributed by atoms with Gasteiger partial charge in [0.15, 0.2) is 23.2 Å². The van der Waals surface area contributed by atoms with E-state index in [1.807, 2.05) is 0 Å². The lowest BCUT2D eigenvalue weighted by molar-refractivity contribution is 0.182. The molecule has 122 valence electrons. The van der Waals surface area contributed by atoms with E-state index in [1.54, 1.807) is 13.0 Å². The molecule has 0 saturated heterocycles. The van der Waals surface area contributed by atoms with Gasteiger partial charge in [-0.2, -0.15) is 0 Å². The van der Waals surface area contributed by atoms with E-state index >= 15 is 0 Å². The summed E-state index contributed by atoms with van der Waals surface area (Å²) in [7, 11) is 0. The van der Waals surface area contributed by atoms with Gasteiger partial charge >= 0.3 is 0 Å². The molecule has 0 bridgehead atoms. The van der Waals surface area contributed by atoms with E-state index in [-0.39, 0.29) is 28.8 Å². The molecule has 0 aliphatic heterocycles. The molecular formula is C17H18F2N2O2. The van der Waals surface area contributed by atoms with Gasteiger partial charge in [0.05, 0.1) is 24.1 Å². The first-order chi connectivity index (χ1) is 11.0. The van der Waals surface area contributed by atoms with Gasteiger partial charge in [0.25, 0.3) is 0 Å². The third-order valence-corrected chi connectivity index (χ3v) is 3.28. The minimum absolute atomic E-state index is 0.00617. The van der Waals surface area contributed by atoms with E-state index in [4.69, 9.17) is 10.2 Å². The Morgan fingerprint density at radius 3 is 2.52 bits per heavy atom. The third-order valence-electron chi connectivity index (χ3n) is 3.28. The van der Waals surface area contributed by atoms with Gasteiger partial charge < -0.3 is 10.2 Å². The van der Waals surface area contributed by atoms with Crippen molar-refractivity contribution in [1.29, 1.82) is 0 Å². The largest absolute Gasteiger partial charge is 0.505 e. The zero-order valence-electron chi connectivity index (χ0n) is 12.7. The molecule has 1 heterocycles. The number of unbranched alkanes of at least 4 members (excludes halogenated alkanes) is 1. The number of hydrogen-bond donors (Lipinski definition) is 2. The molecular weight excluding hydrogens is 302 g/mol. The van der Waals surface area contributed by atoms with Crippen molar-refractivity contribution in [2.75, 3.05) is 0 Å². The van der Waals surface area contributed by atoms with Crippen LogP contribution in [0.25, 0.3) is 17.5 Å². The molecule has 0 amide bonds. The molecule has 1 unspecified atom stereocenters. The second-order valence-corrected chi connectivity index (χ2v) is 5.28. The topological polar surface area (TPSA) is 66.2 Å². The molecule has 2 N–H and O–H groups in total. The molecule has 23 heavy (non-hydrogen) atoms. The number of halogens is 2. The van der Waals surface area contributed by atoms with Crippen LogP contribution in [0.15, 0.2) is 30.6 Å². The number of aliphatic hydroxyl groups is 1. The van der Waals surface area contributed by atoms with Crippen molar-refractivity contribution in [2.24, 2.45) is 0 Å². The van der Waals surface area contributed by atoms with Crippen molar-refractivity contribution in [3.8, 4) is 17.1 Å². The Morgan fingerprint density at radius 2 is 1.87 bits per heavy atom. The van der Waals surface area contributed by atoms with Crippen molar-refractivity contribution in [1.82, 2.24) is 9.97 Å². The van der Waals surface area contributed by atoms with Gasteiger partial charge in [-0.3, -0.25) is 0 Å². The molecule has 1 aromatic heterocycles. The fraction of sp³-hybridized carbons (Fsp3) is 0.294. The number of allylic oxidation sites excluding steroid dienone is 1. The van der Waals surface area contributed by atoms with Crippen molar-refractivity contribution >= 4 is 6.08 Å². The van der Waals surface area contributed by atoms with E-state index in [0.29, 0.717) is 12.8 Å². The van der Waals surface area contributed by atoms with E-state index in [2.05, 4.69) is 9.97 Å². The van der Waals surface area contributed by atoms with Gasteiger partial charge in [-0.15, -0.1) is 0 Å². The Balaban J connectivity index is 2.14. The number of aromatic hydroxyl groups is 1. The van der Waals surface area contributed by atoms with Crippen LogP contribution >= 0.6 is 0 Å². The van der Waals surface area contributed by atoms with E-state index in [9.17, 15) is 8.78 Å². The number of aliphatic hydroxyl groups excluding tert-OH is 1. The monoisotopic (exact) mass is 320 g/mol. The van der Waals surface area contributed by atoms with Gasteiger partial charge in [0, 0.05) is 5.56 Å². The van der Waals surface area contributed by atoms with Crippen LogP contribution in [-0.2, 0) is 0 Å². The molecule has 0 aliphatic rings. The Kier molecular flexibility index (Phi) is 5.76. The predicted molar refractivity (Wildman–Crippen MR) is 83.6 cm³/mol. The summed E-state index contributed by atoms with van der Waals surface area (Å²) in [6.45, 7) is 1.71. The summed E-state index contributed by atoms with van der Waals surface area (Å²) >= 11 is 0. The highest BCUT2D eigenvalue weighted by atomic mass is 19.2. The van der Waals surface area contributed by atoms with Crippen molar-refractivity contribution in [3.05, 3.63) is 47.8 Å². The van der Waals surface area contributed by atoms with E-state index < -0.39 is 11.6 Å². The van der Waals surface area contributed by atoms with Gasteiger partial charge in [0.1, 0.15) is 0 Å². The highest BCUT2D eigenvalue weighted by Crippen LogP contribution is 2.25. The molecule has 2 rings (SSSR count). The Morgan fingerprint density at radius 1 is 1.17 bits per heavy atom. The van der Waals surface area contributed by atoms with E-state index in [1.165, 1.54) is 18.2 Å². The number of rotatable bonds is 6. The predicted octanol–water partition coefficient (Wildman–Crippen LogP) is 3.69. The highest BCUT2D eigenvalue weighted by molar-refractivity contribution is 5.61. The van der Waals surface area contributed by atoms with Crippen LogP contribution in [0.1, 0.15) is 31.7 Å². The molecule has 1 aromatic carbocycles. The van der Waals surface area contributed by atoms with Gasteiger partial charge in [-0.05, 0) is 32.3 Å². The Hall–Kier alpha value is -2.34. The van der Waals surface area contributed by atoms with Crippen LogP contribution < -0.4 is 0 Å². The van der Waals surface area contributed by atoms with Crippen molar-refractivity contribution < 1.29 is 19.0 Å². The van der Waals surface area contributed by atoms with Crippen LogP contribution in [0.2, 0.25) is 0 Å². The molecule has 0 fully saturated rings. The maximum Gasteiger partial charge on any atom is 0.170 e. The summed E-state index contributed by atoms with van der Waals surface area (Å²) in [5.74, 6) is -2.13. The molecule has 2 aromatic rings. The Labute approximate surface area is 133 Å². The minimum Gasteiger partial charge on any atom is -0.505 e. The average Bonchev–Trinajstić information content (AvgIpc) is 2.52. The second kappa shape index (κ2) is 7.78. The fourth-order valence-electron chi connectivity index (χ4n) is 2.07. The molecule has 0 radical (unpaired) electrons. The summed E-state index contributed by atoms with van der Waals surface area (Å²) in [5.41, 5.74) is 0.0795. The van der Waals surface area contributed by atoms with Gasteiger partial charge in [-0.1, -0.05) is 18.2 Å².